The molecule has 3 heterocycles. The van der Waals surface area contributed by atoms with Gasteiger partial charge in [-0.1, -0.05) is 18.2 Å². The van der Waals surface area contributed by atoms with Crippen molar-refractivity contribution in [3.8, 4) is 22.9 Å². The Morgan fingerprint density at radius 1 is 1.06 bits per heavy atom. The van der Waals surface area contributed by atoms with Crippen molar-refractivity contribution in [3.05, 3.63) is 74.9 Å². The summed E-state index contributed by atoms with van der Waals surface area (Å²) in [6.45, 7) is 0. The van der Waals surface area contributed by atoms with Gasteiger partial charge < -0.3 is 18.9 Å². The minimum absolute atomic E-state index is 0.123. The Hall–Kier alpha value is -3.91. The van der Waals surface area contributed by atoms with Crippen LogP contribution < -0.4 is 20.6 Å². The largest absolute Gasteiger partial charge is 0.497 e. The number of para-hydroxylation sites is 1. The molecule has 6 rings (SSSR count). The van der Waals surface area contributed by atoms with Crippen molar-refractivity contribution in [2.45, 2.75) is 25.7 Å². The van der Waals surface area contributed by atoms with E-state index in [4.69, 9.17) is 23.9 Å². The number of thiophene rings is 1. The van der Waals surface area contributed by atoms with Crippen LogP contribution in [0.1, 0.15) is 23.3 Å². The Morgan fingerprint density at radius 2 is 1.91 bits per heavy atom. The van der Waals surface area contributed by atoms with Gasteiger partial charge in [0.15, 0.2) is 11.3 Å². The zero-order valence-electron chi connectivity index (χ0n) is 19.4. The van der Waals surface area contributed by atoms with Crippen LogP contribution in [0.2, 0.25) is 0 Å². The van der Waals surface area contributed by atoms with E-state index in [0.29, 0.717) is 39.7 Å². The molecule has 0 atom stereocenters. The predicted molar refractivity (Wildman–Crippen MR) is 137 cm³/mol. The molecule has 0 saturated carbocycles. The highest BCUT2D eigenvalue weighted by atomic mass is 32.1. The maximum Gasteiger partial charge on any atom is 0.260 e. The molecule has 0 spiro atoms. The lowest BCUT2D eigenvalue weighted by molar-refractivity contribution is 0.406. The molecule has 0 saturated heterocycles. The fraction of sp³-hybridized carbons (Fsp3) is 0.222. The number of fused-ring (bicyclic) bond motifs is 4. The van der Waals surface area contributed by atoms with Gasteiger partial charge in [0.25, 0.3) is 5.56 Å². The normalized spacial score (nSPS) is 13.8. The first kappa shape index (κ1) is 21.6. The van der Waals surface area contributed by atoms with Gasteiger partial charge in [-0.05, 0) is 55.5 Å². The van der Waals surface area contributed by atoms with Crippen LogP contribution in [0.4, 0.5) is 5.69 Å². The summed E-state index contributed by atoms with van der Waals surface area (Å²) >= 11 is 1.62. The van der Waals surface area contributed by atoms with Crippen LogP contribution in [0.15, 0.2) is 62.7 Å². The Labute approximate surface area is 204 Å². The quantitative estimate of drug-likeness (QED) is 0.362. The zero-order chi connectivity index (χ0) is 23.9. The molecule has 0 aliphatic heterocycles. The highest BCUT2D eigenvalue weighted by molar-refractivity contribution is 7.18. The molecule has 1 aliphatic carbocycles. The molecular weight excluding hydrogens is 462 g/mol. The van der Waals surface area contributed by atoms with E-state index in [2.05, 4.69) is 4.98 Å². The van der Waals surface area contributed by atoms with E-state index < -0.39 is 0 Å². The van der Waals surface area contributed by atoms with Gasteiger partial charge in [0, 0.05) is 16.3 Å². The third-order valence-electron chi connectivity index (χ3n) is 6.32. The van der Waals surface area contributed by atoms with Crippen molar-refractivity contribution in [2.75, 3.05) is 14.2 Å². The summed E-state index contributed by atoms with van der Waals surface area (Å²) in [5, 5.41) is 1.54. The Balaban J connectivity index is 1.63. The molecule has 35 heavy (non-hydrogen) atoms. The number of aryl methyl sites for hydroxylation is 2. The lowest BCUT2D eigenvalue weighted by Gasteiger charge is -2.10. The second kappa shape index (κ2) is 8.70. The molecular formula is C27H23N3O4S. The Bertz CT molecular complexity index is 1710. The van der Waals surface area contributed by atoms with Crippen molar-refractivity contribution >= 4 is 38.2 Å². The molecule has 0 fully saturated rings. The molecule has 7 nitrogen and oxygen atoms in total. The molecule has 3 aromatic heterocycles. The van der Waals surface area contributed by atoms with Crippen LogP contribution >= 0.6 is 11.3 Å². The molecule has 0 bridgehead atoms. The minimum Gasteiger partial charge on any atom is -0.497 e. The number of hydrogen-bond donors (Lipinski definition) is 1. The number of nitrogens with zero attached hydrogens (tertiary/aromatic N) is 2. The fourth-order valence-corrected chi connectivity index (χ4v) is 5.89. The highest BCUT2D eigenvalue weighted by Gasteiger charge is 2.21. The minimum atomic E-state index is -0.123. The van der Waals surface area contributed by atoms with Gasteiger partial charge in [-0.15, -0.1) is 11.3 Å². The molecule has 0 amide bonds. The van der Waals surface area contributed by atoms with E-state index in [9.17, 15) is 4.79 Å². The number of aromatic nitrogens is 2. The van der Waals surface area contributed by atoms with Gasteiger partial charge in [0.05, 0.1) is 30.9 Å². The number of methoxy groups -OCH3 is 2. The van der Waals surface area contributed by atoms with E-state index in [1.54, 1.807) is 25.6 Å². The Morgan fingerprint density at radius 3 is 2.77 bits per heavy atom. The van der Waals surface area contributed by atoms with Gasteiger partial charge in [0.2, 0.25) is 5.55 Å². The van der Waals surface area contributed by atoms with Crippen LogP contribution in [0.25, 0.3) is 32.6 Å². The average Bonchev–Trinajstić information content (AvgIpc) is 3.27. The number of hydrogen-bond acceptors (Lipinski definition) is 7. The highest BCUT2D eigenvalue weighted by Crippen LogP contribution is 2.34. The second-order valence-electron chi connectivity index (χ2n) is 8.46. The standard InChI is InChI=1S/C27H23N3O4S/c1-32-17-9-6-8-16(14-17)28-26-19(13-15-7-5-11-20(33-2)23(15)34-26)24-29-25(31)22-18-10-3-4-12-21(18)35-27(22)30-24/h5-9,11,13-14H,3-4,10,12H2,1-2H3,(H,29,30,31). The van der Waals surface area contributed by atoms with Crippen LogP contribution in [0, 0.1) is 0 Å². The SMILES string of the molecule is COc1cccc(N=c2oc3c(OC)cccc3cc2-c2nc3sc4c(c3c(=O)[nH]2)CCCC4)c1. The number of rotatable bonds is 4. The summed E-state index contributed by atoms with van der Waals surface area (Å²) in [5.74, 6) is 1.71. The van der Waals surface area contributed by atoms with Gasteiger partial charge in [-0.2, -0.15) is 0 Å². The Kier molecular flexibility index (Phi) is 5.37. The van der Waals surface area contributed by atoms with E-state index in [0.717, 1.165) is 46.8 Å². The summed E-state index contributed by atoms with van der Waals surface area (Å²) in [6.07, 6.45) is 4.20. The average molecular weight is 486 g/mol. The molecule has 2 aromatic carbocycles. The number of aromatic amines is 1. The first-order valence-corrected chi connectivity index (χ1v) is 12.3. The van der Waals surface area contributed by atoms with Crippen LogP contribution in [-0.4, -0.2) is 24.2 Å². The number of benzene rings is 2. The first-order chi connectivity index (χ1) is 17.1. The summed E-state index contributed by atoms with van der Waals surface area (Å²) in [5.41, 5.74) is 3.17. The van der Waals surface area contributed by atoms with Gasteiger partial charge >= 0.3 is 0 Å². The molecule has 1 N–H and O–H groups in total. The number of H-pyrrole nitrogens is 1. The van der Waals surface area contributed by atoms with Crippen molar-refractivity contribution in [1.82, 2.24) is 9.97 Å². The third-order valence-corrected chi connectivity index (χ3v) is 7.51. The van der Waals surface area contributed by atoms with Crippen molar-refractivity contribution in [3.63, 3.8) is 0 Å². The number of nitrogens with one attached hydrogen (secondary N) is 1. The van der Waals surface area contributed by atoms with Gasteiger partial charge in [-0.3, -0.25) is 4.79 Å². The summed E-state index contributed by atoms with van der Waals surface area (Å²) in [7, 11) is 3.21. The van der Waals surface area contributed by atoms with E-state index in [-0.39, 0.29) is 5.56 Å². The van der Waals surface area contributed by atoms with E-state index in [1.165, 1.54) is 4.88 Å². The molecule has 8 heteroatoms. The van der Waals surface area contributed by atoms with Gasteiger partial charge in [0.1, 0.15) is 16.4 Å². The number of ether oxygens (including phenoxy) is 2. The predicted octanol–water partition coefficient (Wildman–Crippen LogP) is 5.53. The molecule has 0 unspecified atom stereocenters. The van der Waals surface area contributed by atoms with Crippen molar-refractivity contribution in [2.24, 2.45) is 4.99 Å². The molecule has 1 aliphatic rings. The maximum absolute atomic E-state index is 13.2. The van der Waals surface area contributed by atoms with E-state index >= 15 is 0 Å². The summed E-state index contributed by atoms with van der Waals surface area (Å²) in [4.78, 5) is 27.9. The fourth-order valence-electron chi connectivity index (χ4n) is 4.63. The summed E-state index contributed by atoms with van der Waals surface area (Å²) in [6, 6.07) is 15.0. The van der Waals surface area contributed by atoms with Gasteiger partial charge in [-0.25, -0.2) is 9.98 Å². The van der Waals surface area contributed by atoms with Crippen LogP contribution in [0.5, 0.6) is 11.5 Å². The molecule has 0 radical (unpaired) electrons. The molecule has 176 valence electrons. The summed E-state index contributed by atoms with van der Waals surface area (Å²) < 4.78 is 17.1. The lowest BCUT2D eigenvalue weighted by Crippen LogP contribution is -2.14. The van der Waals surface area contributed by atoms with Crippen LogP contribution in [0.3, 0.4) is 0 Å². The lowest BCUT2D eigenvalue weighted by atomic mass is 9.97. The third kappa shape index (κ3) is 3.80. The van der Waals surface area contributed by atoms with Crippen molar-refractivity contribution in [1.29, 1.82) is 0 Å². The molecule has 5 aromatic rings. The van der Waals surface area contributed by atoms with E-state index in [1.807, 2.05) is 48.5 Å². The topological polar surface area (TPSA) is 89.7 Å². The maximum atomic E-state index is 13.2. The monoisotopic (exact) mass is 485 g/mol. The van der Waals surface area contributed by atoms with Crippen molar-refractivity contribution < 1.29 is 13.9 Å². The smallest absolute Gasteiger partial charge is 0.260 e. The zero-order valence-corrected chi connectivity index (χ0v) is 20.2. The second-order valence-corrected chi connectivity index (χ2v) is 9.55. The first-order valence-electron chi connectivity index (χ1n) is 11.5. The van der Waals surface area contributed by atoms with Crippen LogP contribution in [-0.2, 0) is 12.8 Å².